The number of aromatic nitrogens is 2. The van der Waals surface area contributed by atoms with Crippen LogP contribution in [0.15, 0.2) is 35.4 Å². The number of hydrogen-bond donors (Lipinski definition) is 1. The lowest BCUT2D eigenvalue weighted by molar-refractivity contribution is 0.0669. The maximum absolute atomic E-state index is 13.4. The molecule has 2 saturated heterocycles. The number of piperidine rings is 2. The molecule has 1 N–H and O–H groups in total. The second kappa shape index (κ2) is 9.53. The monoisotopic (exact) mass is 444 g/mol. The summed E-state index contributed by atoms with van der Waals surface area (Å²) in [5.74, 6) is 0.304. The first-order valence-corrected chi connectivity index (χ1v) is 13.1. The lowest BCUT2D eigenvalue weighted by atomic mass is 9.92. The molecule has 1 atom stereocenters. The Morgan fingerprint density at radius 3 is 2.68 bits per heavy atom. The molecule has 0 aliphatic carbocycles. The standard InChI is InChI=1S/C23H32N4O3S/c1-31(29,30)22-15-24-25-21(22)14-18-8-7-13-27(16-18)23(28)20-10-4-3-9-19(20)17-26-11-5-2-6-12-26/h3-4,9-10,15,18H,2,5-8,11-14,16-17H2,1H3,(H,24,25)/t18-/m1/s1. The Labute approximate surface area is 184 Å². The molecule has 3 heterocycles. The molecule has 1 aromatic carbocycles. The van der Waals surface area contributed by atoms with Gasteiger partial charge < -0.3 is 4.90 Å². The van der Waals surface area contributed by atoms with Crippen LogP contribution < -0.4 is 0 Å². The van der Waals surface area contributed by atoms with E-state index in [9.17, 15) is 13.2 Å². The summed E-state index contributed by atoms with van der Waals surface area (Å²) >= 11 is 0. The minimum absolute atomic E-state index is 0.0882. The van der Waals surface area contributed by atoms with Crippen LogP contribution in [0.2, 0.25) is 0 Å². The highest BCUT2D eigenvalue weighted by Crippen LogP contribution is 2.25. The Hall–Kier alpha value is -2.19. The summed E-state index contributed by atoms with van der Waals surface area (Å²) in [6.07, 6.45) is 8.82. The van der Waals surface area contributed by atoms with E-state index in [1.807, 2.05) is 23.1 Å². The average Bonchev–Trinajstić information content (AvgIpc) is 3.23. The van der Waals surface area contributed by atoms with Gasteiger partial charge in [-0.3, -0.25) is 14.8 Å². The molecule has 0 saturated carbocycles. The first-order valence-electron chi connectivity index (χ1n) is 11.2. The van der Waals surface area contributed by atoms with E-state index in [0.29, 0.717) is 18.7 Å². The number of nitrogens with zero attached hydrogens (tertiary/aromatic N) is 3. The summed E-state index contributed by atoms with van der Waals surface area (Å²) < 4.78 is 24.0. The molecule has 2 aromatic rings. The molecule has 168 valence electrons. The highest BCUT2D eigenvalue weighted by atomic mass is 32.2. The van der Waals surface area contributed by atoms with Crippen LogP contribution in [0.4, 0.5) is 0 Å². The number of likely N-dealkylation sites (tertiary alicyclic amines) is 2. The van der Waals surface area contributed by atoms with Gasteiger partial charge in [0.2, 0.25) is 0 Å². The van der Waals surface area contributed by atoms with Gasteiger partial charge in [0.15, 0.2) is 9.84 Å². The van der Waals surface area contributed by atoms with Gasteiger partial charge in [-0.2, -0.15) is 5.10 Å². The maximum atomic E-state index is 13.4. The molecule has 2 aliphatic rings. The first kappa shape index (κ1) is 22.0. The van der Waals surface area contributed by atoms with Crippen molar-refractivity contribution in [1.82, 2.24) is 20.0 Å². The number of rotatable bonds is 6. The van der Waals surface area contributed by atoms with E-state index in [0.717, 1.165) is 50.1 Å². The summed E-state index contributed by atoms with van der Waals surface area (Å²) in [6.45, 7) is 4.40. The van der Waals surface area contributed by atoms with E-state index in [-0.39, 0.29) is 16.7 Å². The molecule has 1 aromatic heterocycles. The van der Waals surface area contributed by atoms with Crippen LogP contribution in [0.25, 0.3) is 0 Å². The quantitative estimate of drug-likeness (QED) is 0.740. The van der Waals surface area contributed by atoms with E-state index in [4.69, 9.17) is 0 Å². The first-order chi connectivity index (χ1) is 14.9. The fraction of sp³-hybridized carbons (Fsp3) is 0.565. The van der Waals surface area contributed by atoms with Gasteiger partial charge in [0.1, 0.15) is 4.90 Å². The SMILES string of the molecule is CS(=O)(=O)c1cn[nH]c1C[C@H]1CCCN(C(=O)c2ccccc2CN2CCCCC2)C1. The van der Waals surface area contributed by atoms with Crippen molar-refractivity contribution in [1.29, 1.82) is 0 Å². The van der Waals surface area contributed by atoms with Gasteiger partial charge in [-0.1, -0.05) is 24.6 Å². The van der Waals surface area contributed by atoms with Crippen molar-refractivity contribution in [3.05, 3.63) is 47.3 Å². The van der Waals surface area contributed by atoms with Crippen LogP contribution in [0.5, 0.6) is 0 Å². The highest BCUT2D eigenvalue weighted by molar-refractivity contribution is 7.90. The molecule has 0 radical (unpaired) electrons. The van der Waals surface area contributed by atoms with E-state index < -0.39 is 9.84 Å². The molecule has 2 fully saturated rings. The number of sulfone groups is 1. The van der Waals surface area contributed by atoms with Crippen molar-refractivity contribution < 1.29 is 13.2 Å². The number of benzene rings is 1. The number of aromatic amines is 1. The summed E-state index contributed by atoms with van der Waals surface area (Å²) in [5.41, 5.74) is 2.55. The average molecular weight is 445 g/mol. The highest BCUT2D eigenvalue weighted by Gasteiger charge is 2.28. The Bertz CT molecular complexity index is 1010. The number of amides is 1. The fourth-order valence-electron chi connectivity index (χ4n) is 4.87. The van der Waals surface area contributed by atoms with Gasteiger partial charge in [-0.25, -0.2) is 8.42 Å². The predicted molar refractivity (Wildman–Crippen MR) is 120 cm³/mol. The normalized spacial score (nSPS) is 20.7. The molecule has 7 nitrogen and oxygen atoms in total. The number of H-pyrrole nitrogens is 1. The van der Waals surface area contributed by atoms with E-state index in [1.165, 1.54) is 31.7 Å². The number of carbonyl (C=O) groups excluding carboxylic acids is 1. The Balaban J connectivity index is 1.45. The Kier molecular flexibility index (Phi) is 6.77. The predicted octanol–water partition coefficient (Wildman–Crippen LogP) is 2.89. The van der Waals surface area contributed by atoms with E-state index >= 15 is 0 Å². The molecule has 1 amide bonds. The van der Waals surface area contributed by atoms with Crippen molar-refractivity contribution in [2.24, 2.45) is 5.92 Å². The lowest BCUT2D eigenvalue weighted by Crippen LogP contribution is -2.41. The van der Waals surface area contributed by atoms with Crippen molar-refractivity contribution in [2.45, 2.75) is 50.0 Å². The van der Waals surface area contributed by atoms with Crippen LogP contribution in [0, 0.1) is 5.92 Å². The third-order valence-electron chi connectivity index (χ3n) is 6.47. The van der Waals surface area contributed by atoms with Crippen LogP contribution in [0.3, 0.4) is 0 Å². The number of carbonyl (C=O) groups is 1. The molecule has 4 rings (SSSR count). The maximum Gasteiger partial charge on any atom is 0.254 e. The van der Waals surface area contributed by atoms with E-state index in [1.54, 1.807) is 0 Å². The van der Waals surface area contributed by atoms with Crippen molar-refractivity contribution in [2.75, 3.05) is 32.4 Å². The van der Waals surface area contributed by atoms with Gasteiger partial charge in [-0.15, -0.1) is 0 Å². The van der Waals surface area contributed by atoms with Gasteiger partial charge in [0.25, 0.3) is 5.91 Å². The second-order valence-electron chi connectivity index (χ2n) is 8.94. The molecule has 0 spiro atoms. The Morgan fingerprint density at radius 2 is 1.90 bits per heavy atom. The zero-order chi connectivity index (χ0) is 21.8. The van der Waals surface area contributed by atoms with Crippen LogP contribution in [0.1, 0.15) is 53.7 Å². The fourth-order valence-corrected chi connectivity index (χ4v) is 5.69. The number of nitrogens with one attached hydrogen (secondary N) is 1. The molecule has 31 heavy (non-hydrogen) atoms. The van der Waals surface area contributed by atoms with E-state index in [2.05, 4.69) is 21.2 Å². The summed E-state index contributed by atoms with van der Waals surface area (Å²) in [5, 5.41) is 6.79. The van der Waals surface area contributed by atoms with Gasteiger partial charge in [0, 0.05) is 31.5 Å². The van der Waals surface area contributed by atoms with Crippen LogP contribution in [-0.2, 0) is 22.8 Å². The molecule has 8 heteroatoms. The lowest BCUT2D eigenvalue weighted by Gasteiger charge is -2.34. The summed E-state index contributed by atoms with van der Waals surface area (Å²) in [6, 6.07) is 7.98. The molecule has 0 unspecified atom stereocenters. The van der Waals surface area contributed by atoms with Crippen molar-refractivity contribution in [3.63, 3.8) is 0 Å². The minimum atomic E-state index is -3.31. The topological polar surface area (TPSA) is 86.4 Å². The Morgan fingerprint density at radius 1 is 1.13 bits per heavy atom. The number of hydrogen-bond acceptors (Lipinski definition) is 5. The molecule has 0 bridgehead atoms. The minimum Gasteiger partial charge on any atom is -0.338 e. The summed E-state index contributed by atoms with van der Waals surface area (Å²) in [4.78, 5) is 18.1. The molecular weight excluding hydrogens is 412 g/mol. The smallest absolute Gasteiger partial charge is 0.254 e. The van der Waals surface area contributed by atoms with Crippen molar-refractivity contribution in [3.8, 4) is 0 Å². The van der Waals surface area contributed by atoms with Crippen LogP contribution >= 0.6 is 0 Å². The largest absolute Gasteiger partial charge is 0.338 e. The summed E-state index contributed by atoms with van der Waals surface area (Å²) in [7, 11) is -3.31. The third-order valence-corrected chi connectivity index (χ3v) is 7.62. The van der Waals surface area contributed by atoms with Crippen molar-refractivity contribution >= 4 is 15.7 Å². The zero-order valence-corrected chi connectivity index (χ0v) is 19.0. The van der Waals surface area contributed by atoms with Gasteiger partial charge in [0.05, 0.1) is 11.9 Å². The van der Waals surface area contributed by atoms with Crippen LogP contribution in [-0.4, -0.2) is 66.8 Å². The molecular formula is C23H32N4O3S. The van der Waals surface area contributed by atoms with Gasteiger partial charge in [-0.05, 0) is 62.7 Å². The third kappa shape index (κ3) is 5.36. The second-order valence-corrected chi connectivity index (χ2v) is 10.9. The zero-order valence-electron chi connectivity index (χ0n) is 18.2. The molecule has 2 aliphatic heterocycles. The van der Waals surface area contributed by atoms with Gasteiger partial charge >= 0.3 is 0 Å².